The van der Waals surface area contributed by atoms with E-state index in [1.165, 1.54) is 16.2 Å². The number of aromatic nitrogens is 1. The second kappa shape index (κ2) is 7.94. The van der Waals surface area contributed by atoms with Crippen molar-refractivity contribution in [2.45, 2.75) is 32.6 Å². The monoisotopic (exact) mass is 391 g/mol. The van der Waals surface area contributed by atoms with E-state index in [4.69, 9.17) is 0 Å². The fraction of sp³-hybridized carbons (Fsp3) is 0.227. The van der Waals surface area contributed by atoms with Crippen molar-refractivity contribution >= 4 is 33.8 Å². The van der Waals surface area contributed by atoms with Gasteiger partial charge in [0, 0.05) is 16.6 Å². The molecule has 6 heteroatoms. The number of hydrogen-bond acceptors (Lipinski definition) is 4. The zero-order valence-corrected chi connectivity index (χ0v) is 16.4. The van der Waals surface area contributed by atoms with Crippen LogP contribution in [0, 0.1) is 6.92 Å². The van der Waals surface area contributed by atoms with Crippen LogP contribution in [0.5, 0.6) is 0 Å². The minimum absolute atomic E-state index is 0.197. The molecule has 1 aliphatic rings. The molecule has 2 amide bonds. The fourth-order valence-electron chi connectivity index (χ4n) is 3.49. The summed E-state index contributed by atoms with van der Waals surface area (Å²) >= 11 is 1.52. The fourth-order valence-corrected chi connectivity index (χ4v) is 4.77. The molecule has 2 aromatic heterocycles. The molecule has 3 aromatic rings. The summed E-state index contributed by atoms with van der Waals surface area (Å²) in [6.45, 7) is 1.95. The van der Waals surface area contributed by atoms with E-state index < -0.39 is 0 Å². The first-order chi connectivity index (χ1) is 13.6. The highest BCUT2D eigenvalue weighted by Crippen LogP contribution is 2.38. The Morgan fingerprint density at radius 3 is 2.68 bits per heavy atom. The van der Waals surface area contributed by atoms with Crippen molar-refractivity contribution in [1.29, 1.82) is 0 Å². The van der Waals surface area contributed by atoms with Gasteiger partial charge < -0.3 is 10.6 Å². The number of carbonyl (C=O) groups excluding carboxylic acids is 2. The normalized spacial score (nSPS) is 12.9. The summed E-state index contributed by atoms with van der Waals surface area (Å²) in [4.78, 5) is 31.1. The summed E-state index contributed by atoms with van der Waals surface area (Å²) in [7, 11) is 0. The lowest BCUT2D eigenvalue weighted by Crippen LogP contribution is -2.18. The number of benzene rings is 1. The number of anilines is 2. The SMILES string of the molecule is Cc1cccc(C(=O)Nc2sc3c(c2C(=O)Nc2cccnc2)CCCC3)c1. The number of pyridine rings is 1. The molecule has 0 aliphatic heterocycles. The summed E-state index contributed by atoms with van der Waals surface area (Å²) in [5.74, 6) is -0.398. The molecule has 5 nitrogen and oxygen atoms in total. The molecule has 2 N–H and O–H groups in total. The highest BCUT2D eigenvalue weighted by atomic mass is 32.1. The van der Waals surface area contributed by atoms with Crippen molar-refractivity contribution < 1.29 is 9.59 Å². The molecule has 0 bridgehead atoms. The third kappa shape index (κ3) is 3.82. The number of fused-ring (bicyclic) bond motifs is 1. The van der Waals surface area contributed by atoms with Crippen LogP contribution in [0.1, 0.15) is 49.6 Å². The molecule has 2 heterocycles. The Bertz CT molecular complexity index is 1030. The first kappa shape index (κ1) is 18.4. The number of nitrogens with zero attached hydrogens (tertiary/aromatic N) is 1. The average Bonchev–Trinajstić information content (AvgIpc) is 3.06. The Balaban J connectivity index is 1.66. The second-order valence-electron chi connectivity index (χ2n) is 6.93. The molecule has 0 saturated heterocycles. The standard InChI is InChI=1S/C22H21N3O2S/c1-14-6-4-7-15(12-14)20(26)25-22-19(17-9-2-3-10-18(17)28-22)21(27)24-16-8-5-11-23-13-16/h4-8,11-13H,2-3,9-10H2,1H3,(H,24,27)(H,25,26). The third-order valence-electron chi connectivity index (χ3n) is 4.83. The van der Waals surface area contributed by atoms with Crippen LogP contribution in [0.25, 0.3) is 0 Å². The Morgan fingerprint density at radius 2 is 1.89 bits per heavy atom. The smallest absolute Gasteiger partial charge is 0.259 e. The number of amides is 2. The van der Waals surface area contributed by atoms with Crippen molar-refractivity contribution in [3.8, 4) is 0 Å². The summed E-state index contributed by atoms with van der Waals surface area (Å²) < 4.78 is 0. The van der Waals surface area contributed by atoms with E-state index >= 15 is 0 Å². The molecular weight excluding hydrogens is 370 g/mol. The lowest BCUT2D eigenvalue weighted by atomic mass is 9.95. The van der Waals surface area contributed by atoms with Crippen LogP contribution >= 0.6 is 11.3 Å². The maximum Gasteiger partial charge on any atom is 0.259 e. The molecule has 142 valence electrons. The summed E-state index contributed by atoms with van der Waals surface area (Å²) in [5.41, 5.74) is 3.90. The first-order valence-electron chi connectivity index (χ1n) is 9.36. The van der Waals surface area contributed by atoms with Gasteiger partial charge in [-0.3, -0.25) is 14.6 Å². The van der Waals surface area contributed by atoms with Crippen LogP contribution in [0.3, 0.4) is 0 Å². The molecule has 28 heavy (non-hydrogen) atoms. The van der Waals surface area contributed by atoms with Gasteiger partial charge in [-0.25, -0.2) is 0 Å². The number of hydrogen-bond donors (Lipinski definition) is 2. The molecule has 4 rings (SSSR count). The number of rotatable bonds is 4. The van der Waals surface area contributed by atoms with Gasteiger partial charge in [-0.1, -0.05) is 17.7 Å². The van der Waals surface area contributed by atoms with Gasteiger partial charge in [0.25, 0.3) is 11.8 Å². The number of thiophene rings is 1. The van der Waals surface area contributed by atoms with Gasteiger partial charge in [0.05, 0.1) is 17.4 Å². The molecule has 0 spiro atoms. The van der Waals surface area contributed by atoms with E-state index in [0.717, 1.165) is 36.8 Å². The molecule has 0 fully saturated rings. The summed E-state index contributed by atoms with van der Waals surface area (Å²) in [6.07, 6.45) is 7.26. The lowest BCUT2D eigenvalue weighted by Gasteiger charge is -2.13. The maximum absolute atomic E-state index is 13.1. The zero-order chi connectivity index (χ0) is 19.5. The van der Waals surface area contributed by atoms with Crippen LogP contribution in [0.15, 0.2) is 48.8 Å². The number of aryl methyl sites for hydroxylation is 2. The topological polar surface area (TPSA) is 71.1 Å². The molecule has 0 radical (unpaired) electrons. The molecule has 0 unspecified atom stereocenters. The van der Waals surface area contributed by atoms with Crippen molar-refractivity contribution in [2.75, 3.05) is 10.6 Å². The number of carbonyl (C=O) groups is 2. The van der Waals surface area contributed by atoms with Gasteiger partial charge in [0.1, 0.15) is 5.00 Å². The van der Waals surface area contributed by atoms with E-state index in [0.29, 0.717) is 21.8 Å². The zero-order valence-electron chi connectivity index (χ0n) is 15.6. The Hall–Kier alpha value is -2.99. The van der Waals surface area contributed by atoms with Gasteiger partial charge in [-0.05, 0) is 62.4 Å². The van der Waals surface area contributed by atoms with Crippen molar-refractivity contribution in [3.63, 3.8) is 0 Å². The third-order valence-corrected chi connectivity index (χ3v) is 6.03. The van der Waals surface area contributed by atoms with Gasteiger partial charge in [0.2, 0.25) is 0 Å². The quantitative estimate of drug-likeness (QED) is 0.669. The highest BCUT2D eigenvalue weighted by Gasteiger charge is 2.26. The predicted molar refractivity (Wildman–Crippen MR) is 112 cm³/mol. The predicted octanol–water partition coefficient (Wildman–Crippen LogP) is 4.83. The Labute approximate surface area is 167 Å². The summed E-state index contributed by atoms with van der Waals surface area (Å²) in [5, 5.41) is 6.52. The molecular formula is C22H21N3O2S. The number of nitrogens with one attached hydrogen (secondary N) is 2. The van der Waals surface area contributed by atoms with Crippen molar-refractivity contribution in [2.24, 2.45) is 0 Å². The van der Waals surface area contributed by atoms with E-state index in [2.05, 4.69) is 15.6 Å². The highest BCUT2D eigenvalue weighted by molar-refractivity contribution is 7.17. The van der Waals surface area contributed by atoms with Crippen molar-refractivity contribution in [1.82, 2.24) is 4.98 Å². The van der Waals surface area contributed by atoms with Crippen LogP contribution in [-0.4, -0.2) is 16.8 Å². The molecule has 1 aliphatic carbocycles. The maximum atomic E-state index is 13.1. The van der Waals surface area contributed by atoms with Crippen molar-refractivity contribution in [3.05, 3.63) is 75.9 Å². The van der Waals surface area contributed by atoms with Gasteiger partial charge in [0.15, 0.2) is 0 Å². The Morgan fingerprint density at radius 1 is 1.04 bits per heavy atom. The van der Waals surface area contributed by atoms with Crippen LogP contribution in [-0.2, 0) is 12.8 Å². The minimum Gasteiger partial charge on any atom is -0.320 e. The van der Waals surface area contributed by atoms with Gasteiger partial charge >= 0.3 is 0 Å². The first-order valence-corrected chi connectivity index (χ1v) is 10.2. The largest absolute Gasteiger partial charge is 0.320 e. The van der Waals surface area contributed by atoms with E-state index in [9.17, 15) is 9.59 Å². The molecule has 1 aromatic carbocycles. The van der Waals surface area contributed by atoms with Crippen LogP contribution < -0.4 is 10.6 Å². The van der Waals surface area contributed by atoms with Gasteiger partial charge in [-0.2, -0.15) is 0 Å². The second-order valence-corrected chi connectivity index (χ2v) is 8.04. The summed E-state index contributed by atoms with van der Waals surface area (Å²) in [6, 6.07) is 11.0. The molecule has 0 atom stereocenters. The minimum atomic E-state index is -0.202. The van der Waals surface area contributed by atoms with E-state index in [-0.39, 0.29) is 11.8 Å². The van der Waals surface area contributed by atoms with E-state index in [1.54, 1.807) is 30.6 Å². The lowest BCUT2D eigenvalue weighted by molar-refractivity contribution is 0.102. The van der Waals surface area contributed by atoms with Gasteiger partial charge in [-0.15, -0.1) is 11.3 Å². The average molecular weight is 391 g/mol. The van der Waals surface area contributed by atoms with E-state index in [1.807, 2.05) is 25.1 Å². The Kier molecular flexibility index (Phi) is 5.21. The molecule has 0 saturated carbocycles. The van der Waals surface area contributed by atoms with Crippen LogP contribution in [0.4, 0.5) is 10.7 Å². The van der Waals surface area contributed by atoms with Crippen LogP contribution in [0.2, 0.25) is 0 Å².